The largest absolute Gasteiger partial charge is 0.322 e. The van der Waals surface area contributed by atoms with Gasteiger partial charge in [-0.1, -0.05) is 11.6 Å². The summed E-state index contributed by atoms with van der Waals surface area (Å²) >= 11 is 5.95. The number of benzene rings is 2. The standard InChI is InChI=1S/C19H17ClFN3O/c1-11-10-14(20)4-9-17(11)22-19(25)18-12(2)23-24(13(18)3)16-7-5-15(21)6-8-16/h4-10H,1-3H3,(H,22,25). The van der Waals surface area contributed by atoms with E-state index in [1.807, 2.05) is 13.8 Å². The molecule has 1 N–H and O–H groups in total. The molecule has 2 aromatic carbocycles. The molecule has 0 aliphatic carbocycles. The van der Waals surface area contributed by atoms with E-state index < -0.39 is 0 Å². The van der Waals surface area contributed by atoms with Gasteiger partial charge in [0.15, 0.2) is 0 Å². The maximum absolute atomic E-state index is 13.1. The monoisotopic (exact) mass is 357 g/mol. The Labute approximate surface area is 150 Å². The van der Waals surface area contributed by atoms with Crippen molar-refractivity contribution in [1.82, 2.24) is 9.78 Å². The van der Waals surface area contributed by atoms with E-state index >= 15 is 0 Å². The van der Waals surface area contributed by atoms with Gasteiger partial charge in [0.2, 0.25) is 0 Å². The van der Waals surface area contributed by atoms with Crippen molar-refractivity contribution < 1.29 is 9.18 Å². The van der Waals surface area contributed by atoms with Crippen LogP contribution in [0.4, 0.5) is 10.1 Å². The minimum Gasteiger partial charge on any atom is -0.322 e. The predicted octanol–water partition coefficient (Wildman–Crippen LogP) is 4.84. The van der Waals surface area contributed by atoms with Gasteiger partial charge in [-0.25, -0.2) is 9.07 Å². The first-order valence-corrected chi connectivity index (χ1v) is 8.14. The number of anilines is 1. The van der Waals surface area contributed by atoms with Crippen LogP contribution in [0.3, 0.4) is 0 Å². The molecule has 25 heavy (non-hydrogen) atoms. The fourth-order valence-electron chi connectivity index (χ4n) is 2.76. The molecule has 0 aliphatic rings. The third kappa shape index (κ3) is 3.42. The Morgan fingerprint density at radius 1 is 1.12 bits per heavy atom. The molecule has 0 spiro atoms. The van der Waals surface area contributed by atoms with Crippen LogP contribution in [-0.4, -0.2) is 15.7 Å². The molecule has 128 valence electrons. The lowest BCUT2D eigenvalue weighted by Gasteiger charge is -2.09. The zero-order valence-electron chi connectivity index (χ0n) is 14.1. The molecule has 0 radical (unpaired) electrons. The number of hydrogen-bond donors (Lipinski definition) is 1. The Hall–Kier alpha value is -2.66. The highest BCUT2D eigenvalue weighted by atomic mass is 35.5. The lowest BCUT2D eigenvalue weighted by Crippen LogP contribution is -2.15. The number of aromatic nitrogens is 2. The number of nitrogens with zero attached hydrogens (tertiary/aromatic N) is 2. The predicted molar refractivity (Wildman–Crippen MR) is 97.1 cm³/mol. The molecule has 0 atom stereocenters. The molecule has 0 saturated carbocycles. The van der Waals surface area contributed by atoms with Crippen molar-refractivity contribution in [2.45, 2.75) is 20.8 Å². The minimum atomic E-state index is -0.318. The summed E-state index contributed by atoms with van der Waals surface area (Å²) in [5, 5.41) is 7.94. The summed E-state index contributed by atoms with van der Waals surface area (Å²) in [5.74, 6) is -0.560. The van der Waals surface area contributed by atoms with E-state index in [-0.39, 0.29) is 11.7 Å². The molecule has 0 aliphatic heterocycles. The maximum atomic E-state index is 13.1. The lowest BCUT2D eigenvalue weighted by atomic mass is 10.1. The fraction of sp³-hybridized carbons (Fsp3) is 0.158. The molecule has 1 heterocycles. The van der Waals surface area contributed by atoms with E-state index in [1.165, 1.54) is 12.1 Å². The second kappa shape index (κ2) is 6.69. The highest BCUT2D eigenvalue weighted by Gasteiger charge is 2.20. The zero-order chi connectivity index (χ0) is 18.1. The number of hydrogen-bond acceptors (Lipinski definition) is 2. The topological polar surface area (TPSA) is 46.9 Å². The SMILES string of the molecule is Cc1cc(Cl)ccc1NC(=O)c1c(C)nn(-c2ccc(F)cc2)c1C. The van der Waals surface area contributed by atoms with Gasteiger partial charge in [0.1, 0.15) is 5.82 Å². The van der Waals surface area contributed by atoms with Crippen molar-refractivity contribution >= 4 is 23.2 Å². The average molecular weight is 358 g/mol. The van der Waals surface area contributed by atoms with Gasteiger partial charge < -0.3 is 5.32 Å². The van der Waals surface area contributed by atoms with E-state index in [1.54, 1.807) is 41.9 Å². The molecular weight excluding hydrogens is 341 g/mol. The first kappa shape index (κ1) is 17.2. The Bertz CT molecular complexity index is 948. The quantitative estimate of drug-likeness (QED) is 0.728. The third-order valence-corrected chi connectivity index (χ3v) is 4.26. The normalized spacial score (nSPS) is 10.8. The van der Waals surface area contributed by atoms with E-state index in [4.69, 9.17) is 11.6 Å². The van der Waals surface area contributed by atoms with E-state index in [0.29, 0.717) is 33.3 Å². The molecule has 3 aromatic rings. The number of halogens is 2. The molecule has 4 nitrogen and oxygen atoms in total. The van der Waals surface area contributed by atoms with Gasteiger partial charge in [0.25, 0.3) is 5.91 Å². The number of nitrogens with one attached hydrogen (secondary N) is 1. The summed E-state index contributed by atoms with van der Waals surface area (Å²) in [5.41, 5.74) is 4.06. The Morgan fingerprint density at radius 3 is 2.44 bits per heavy atom. The van der Waals surface area contributed by atoms with Gasteiger partial charge in [-0.15, -0.1) is 0 Å². The number of amides is 1. The van der Waals surface area contributed by atoms with Crippen LogP contribution < -0.4 is 5.32 Å². The Morgan fingerprint density at radius 2 is 1.80 bits per heavy atom. The van der Waals surface area contributed by atoms with Gasteiger partial charge in [-0.2, -0.15) is 5.10 Å². The summed E-state index contributed by atoms with van der Waals surface area (Å²) in [7, 11) is 0. The summed E-state index contributed by atoms with van der Waals surface area (Å²) in [6.07, 6.45) is 0. The van der Waals surface area contributed by atoms with E-state index in [2.05, 4.69) is 10.4 Å². The number of carbonyl (C=O) groups is 1. The van der Waals surface area contributed by atoms with Gasteiger partial charge in [0, 0.05) is 10.7 Å². The first-order chi connectivity index (χ1) is 11.9. The van der Waals surface area contributed by atoms with Crippen LogP contribution >= 0.6 is 11.6 Å². The highest BCUT2D eigenvalue weighted by molar-refractivity contribution is 6.30. The van der Waals surface area contributed by atoms with E-state index in [0.717, 1.165) is 5.56 Å². The fourth-order valence-corrected chi connectivity index (χ4v) is 2.98. The number of aryl methyl sites for hydroxylation is 2. The van der Waals surface area contributed by atoms with Crippen molar-refractivity contribution in [2.24, 2.45) is 0 Å². The van der Waals surface area contributed by atoms with Gasteiger partial charge in [-0.3, -0.25) is 4.79 Å². The summed E-state index contributed by atoms with van der Waals surface area (Å²) in [6.45, 7) is 5.47. The lowest BCUT2D eigenvalue weighted by molar-refractivity contribution is 0.102. The molecule has 0 fully saturated rings. The van der Waals surface area contributed by atoms with Crippen molar-refractivity contribution in [1.29, 1.82) is 0 Å². The van der Waals surface area contributed by atoms with Crippen molar-refractivity contribution in [3.05, 3.63) is 75.8 Å². The second-order valence-electron chi connectivity index (χ2n) is 5.85. The Kier molecular flexibility index (Phi) is 4.59. The smallest absolute Gasteiger partial charge is 0.259 e. The second-order valence-corrected chi connectivity index (χ2v) is 6.28. The van der Waals surface area contributed by atoms with Crippen LogP contribution in [0.15, 0.2) is 42.5 Å². The van der Waals surface area contributed by atoms with E-state index in [9.17, 15) is 9.18 Å². The van der Waals surface area contributed by atoms with Crippen LogP contribution in [0.1, 0.15) is 27.3 Å². The molecule has 6 heteroatoms. The van der Waals surface area contributed by atoms with Gasteiger partial charge >= 0.3 is 0 Å². The molecule has 0 bridgehead atoms. The highest BCUT2D eigenvalue weighted by Crippen LogP contribution is 2.23. The van der Waals surface area contributed by atoms with Gasteiger partial charge in [0.05, 0.1) is 22.6 Å². The third-order valence-electron chi connectivity index (χ3n) is 4.03. The molecule has 0 unspecified atom stereocenters. The minimum absolute atomic E-state index is 0.242. The summed E-state index contributed by atoms with van der Waals surface area (Å²) < 4.78 is 14.8. The van der Waals surface area contributed by atoms with Crippen LogP contribution in [0.25, 0.3) is 5.69 Å². The van der Waals surface area contributed by atoms with Crippen LogP contribution in [0.5, 0.6) is 0 Å². The van der Waals surface area contributed by atoms with Gasteiger partial charge in [-0.05, 0) is 68.8 Å². The Balaban J connectivity index is 1.94. The molecular formula is C19H17ClFN3O. The average Bonchev–Trinajstić information content (AvgIpc) is 2.85. The van der Waals surface area contributed by atoms with Crippen LogP contribution in [0, 0.1) is 26.6 Å². The molecule has 1 amide bonds. The molecule has 0 saturated heterocycles. The van der Waals surface area contributed by atoms with Crippen molar-refractivity contribution in [3.8, 4) is 5.69 Å². The van der Waals surface area contributed by atoms with Crippen molar-refractivity contribution in [2.75, 3.05) is 5.32 Å². The number of carbonyl (C=O) groups excluding carboxylic acids is 1. The maximum Gasteiger partial charge on any atom is 0.259 e. The summed E-state index contributed by atoms with van der Waals surface area (Å²) in [6, 6.07) is 11.3. The van der Waals surface area contributed by atoms with Crippen molar-refractivity contribution in [3.63, 3.8) is 0 Å². The summed E-state index contributed by atoms with van der Waals surface area (Å²) in [4.78, 5) is 12.7. The zero-order valence-corrected chi connectivity index (χ0v) is 14.9. The van der Waals surface area contributed by atoms with Crippen LogP contribution in [-0.2, 0) is 0 Å². The van der Waals surface area contributed by atoms with Crippen LogP contribution in [0.2, 0.25) is 5.02 Å². The molecule has 1 aromatic heterocycles. The number of rotatable bonds is 3. The first-order valence-electron chi connectivity index (χ1n) is 7.76. The molecule has 3 rings (SSSR count).